The highest BCUT2D eigenvalue weighted by atomic mass is 16.4. The Morgan fingerprint density at radius 2 is 1.79 bits per heavy atom. The number of carboxylic acid groups (broad SMARTS) is 1. The van der Waals surface area contributed by atoms with Gasteiger partial charge in [0.2, 0.25) is 5.91 Å². The Morgan fingerprint density at radius 3 is 2.05 bits per heavy atom. The predicted molar refractivity (Wildman–Crippen MR) is 71.9 cm³/mol. The van der Waals surface area contributed by atoms with Crippen molar-refractivity contribution in [3.8, 4) is 0 Å². The van der Waals surface area contributed by atoms with Gasteiger partial charge in [-0.2, -0.15) is 0 Å². The maximum Gasteiger partial charge on any atom is 0.451 e. The molecular weight excluding hydrogens is 253 g/mol. The first-order valence-corrected chi connectivity index (χ1v) is 6.03. The molecular formula is C10H24BN3O5. The molecule has 2 unspecified atom stereocenters. The van der Waals surface area contributed by atoms with Gasteiger partial charge in [-0.15, -0.1) is 0 Å². The Hall–Kier alpha value is -1.16. The number of aliphatic carboxylic acids is 1. The summed E-state index contributed by atoms with van der Waals surface area (Å²) in [6, 6.07) is -0.509. The van der Waals surface area contributed by atoms with Gasteiger partial charge in [-0.1, -0.05) is 6.42 Å². The molecule has 0 aliphatic rings. The SMILES string of the molecule is CC(N)C(N)=O.NCC(CCCB(O)O)CC(=O)O. The van der Waals surface area contributed by atoms with E-state index in [-0.39, 0.29) is 18.7 Å². The van der Waals surface area contributed by atoms with E-state index >= 15 is 0 Å². The number of amides is 1. The van der Waals surface area contributed by atoms with Gasteiger partial charge in [0.25, 0.3) is 0 Å². The Labute approximate surface area is 113 Å². The average Bonchev–Trinajstić information content (AvgIpc) is 2.27. The lowest BCUT2D eigenvalue weighted by Gasteiger charge is -2.11. The largest absolute Gasteiger partial charge is 0.481 e. The number of carbonyl (C=O) groups is 2. The summed E-state index contributed by atoms with van der Waals surface area (Å²) < 4.78 is 0. The molecule has 0 aromatic rings. The second-order valence-corrected chi connectivity index (χ2v) is 4.30. The van der Waals surface area contributed by atoms with Gasteiger partial charge in [-0.25, -0.2) is 0 Å². The van der Waals surface area contributed by atoms with Crippen LogP contribution in [0.4, 0.5) is 0 Å². The van der Waals surface area contributed by atoms with Crippen molar-refractivity contribution >= 4 is 19.0 Å². The van der Waals surface area contributed by atoms with Crippen LogP contribution < -0.4 is 17.2 Å². The van der Waals surface area contributed by atoms with Gasteiger partial charge in [0, 0.05) is 6.42 Å². The van der Waals surface area contributed by atoms with Crippen LogP contribution in [0.25, 0.3) is 0 Å². The molecule has 0 aromatic heterocycles. The molecule has 19 heavy (non-hydrogen) atoms. The number of rotatable bonds is 8. The Kier molecular flexibility index (Phi) is 12.6. The first-order valence-electron chi connectivity index (χ1n) is 6.03. The van der Waals surface area contributed by atoms with Crippen LogP contribution in [0.2, 0.25) is 6.32 Å². The molecule has 0 heterocycles. The van der Waals surface area contributed by atoms with Gasteiger partial charge in [0.15, 0.2) is 0 Å². The van der Waals surface area contributed by atoms with Gasteiger partial charge < -0.3 is 32.4 Å². The standard InChI is InChI=1S/C7H16BNO4.C3H8N2O/c9-5-6(4-7(10)11)2-1-3-8(12)13;1-2(4)3(5)6/h6,12-13H,1-5,9H2,(H,10,11);2H,4H2,1H3,(H2,5,6). The maximum absolute atomic E-state index is 10.3. The molecule has 0 fully saturated rings. The van der Waals surface area contributed by atoms with Crippen molar-refractivity contribution in [2.75, 3.05) is 6.54 Å². The second-order valence-electron chi connectivity index (χ2n) is 4.30. The molecule has 0 aromatic carbocycles. The van der Waals surface area contributed by atoms with E-state index in [0.29, 0.717) is 19.4 Å². The van der Waals surface area contributed by atoms with E-state index in [0.717, 1.165) is 0 Å². The summed E-state index contributed by atoms with van der Waals surface area (Å²) in [5.74, 6) is -1.38. The minimum absolute atomic E-state index is 0.0536. The maximum atomic E-state index is 10.3. The zero-order chi connectivity index (χ0) is 15.4. The van der Waals surface area contributed by atoms with E-state index in [9.17, 15) is 9.59 Å². The van der Waals surface area contributed by atoms with Gasteiger partial charge in [0.05, 0.1) is 6.04 Å². The molecule has 0 radical (unpaired) electrons. The summed E-state index contributed by atoms with van der Waals surface area (Å²) in [6.07, 6.45) is 1.54. The molecule has 9 N–H and O–H groups in total. The molecule has 2 atom stereocenters. The van der Waals surface area contributed by atoms with Gasteiger partial charge in [0.1, 0.15) is 0 Å². The molecule has 0 saturated carbocycles. The number of carboxylic acids is 1. The molecule has 9 heteroatoms. The number of hydrogen-bond acceptors (Lipinski definition) is 6. The number of carbonyl (C=O) groups excluding carboxylic acids is 1. The monoisotopic (exact) mass is 277 g/mol. The number of primary amides is 1. The Balaban J connectivity index is 0. The van der Waals surface area contributed by atoms with Crippen LogP contribution in [0.1, 0.15) is 26.2 Å². The minimum Gasteiger partial charge on any atom is -0.481 e. The van der Waals surface area contributed by atoms with Crippen molar-refractivity contribution in [3.05, 3.63) is 0 Å². The second kappa shape index (κ2) is 11.9. The van der Waals surface area contributed by atoms with Crippen LogP contribution in [-0.4, -0.2) is 46.7 Å². The zero-order valence-electron chi connectivity index (χ0n) is 11.2. The van der Waals surface area contributed by atoms with E-state index < -0.39 is 25.0 Å². The van der Waals surface area contributed by atoms with Crippen LogP contribution in [-0.2, 0) is 9.59 Å². The van der Waals surface area contributed by atoms with Gasteiger partial charge in [-0.3, -0.25) is 9.59 Å². The van der Waals surface area contributed by atoms with E-state index in [2.05, 4.69) is 5.73 Å². The lowest BCUT2D eigenvalue weighted by Crippen LogP contribution is -2.32. The summed E-state index contributed by atoms with van der Waals surface area (Å²) in [4.78, 5) is 20.1. The predicted octanol–water partition coefficient (Wildman–Crippen LogP) is -1.89. The lowest BCUT2D eigenvalue weighted by molar-refractivity contribution is -0.138. The third-order valence-corrected chi connectivity index (χ3v) is 2.32. The average molecular weight is 277 g/mol. The highest BCUT2D eigenvalue weighted by Crippen LogP contribution is 2.12. The molecule has 8 nitrogen and oxygen atoms in total. The fourth-order valence-electron chi connectivity index (χ4n) is 1.14. The third kappa shape index (κ3) is 16.8. The minimum atomic E-state index is -1.30. The van der Waals surface area contributed by atoms with Gasteiger partial charge in [-0.05, 0) is 32.1 Å². The zero-order valence-corrected chi connectivity index (χ0v) is 11.2. The summed E-state index contributed by atoms with van der Waals surface area (Å²) >= 11 is 0. The van der Waals surface area contributed by atoms with Crippen LogP contribution in [0.5, 0.6) is 0 Å². The third-order valence-electron chi connectivity index (χ3n) is 2.32. The summed E-state index contributed by atoms with van der Waals surface area (Å²) in [5.41, 5.74) is 15.0. The molecule has 0 rings (SSSR count). The molecule has 1 amide bonds. The Morgan fingerprint density at radius 1 is 1.32 bits per heavy atom. The van der Waals surface area contributed by atoms with Crippen molar-refractivity contribution in [3.63, 3.8) is 0 Å². The van der Waals surface area contributed by atoms with E-state index in [1.165, 1.54) is 0 Å². The van der Waals surface area contributed by atoms with Crippen LogP contribution >= 0.6 is 0 Å². The van der Waals surface area contributed by atoms with Crippen molar-refractivity contribution in [2.45, 2.75) is 38.5 Å². The summed E-state index contributed by atoms with van der Waals surface area (Å²) in [6.45, 7) is 1.87. The Bertz CT molecular complexity index is 264. The topological polar surface area (TPSA) is 173 Å². The molecule has 112 valence electrons. The number of hydrogen-bond donors (Lipinski definition) is 6. The smallest absolute Gasteiger partial charge is 0.451 e. The fourth-order valence-corrected chi connectivity index (χ4v) is 1.14. The molecule has 0 spiro atoms. The van der Waals surface area contributed by atoms with Crippen molar-refractivity contribution in [2.24, 2.45) is 23.1 Å². The van der Waals surface area contributed by atoms with E-state index in [1.807, 2.05) is 0 Å². The van der Waals surface area contributed by atoms with E-state index in [1.54, 1.807) is 6.92 Å². The van der Waals surface area contributed by atoms with Crippen molar-refractivity contribution < 1.29 is 24.7 Å². The molecule has 0 aliphatic heterocycles. The van der Waals surface area contributed by atoms with Crippen LogP contribution in [0.15, 0.2) is 0 Å². The normalized spacial score (nSPS) is 12.9. The van der Waals surface area contributed by atoms with Crippen molar-refractivity contribution in [1.82, 2.24) is 0 Å². The molecule has 0 bridgehead atoms. The van der Waals surface area contributed by atoms with Gasteiger partial charge >= 0.3 is 13.1 Å². The number of nitrogens with two attached hydrogens (primary N) is 3. The summed E-state index contributed by atoms with van der Waals surface area (Å²) in [7, 11) is -1.30. The quantitative estimate of drug-likeness (QED) is 0.281. The highest BCUT2D eigenvalue weighted by Gasteiger charge is 2.13. The molecule has 0 aliphatic carbocycles. The van der Waals surface area contributed by atoms with Crippen molar-refractivity contribution in [1.29, 1.82) is 0 Å². The van der Waals surface area contributed by atoms with E-state index in [4.69, 9.17) is 26.6 Å². The lowest BCUT2D eigenvalue weighted by atomic mass is 9.82. The van der Waals surface area contributed by atoms with Crippen LogP contribution in [0, 0.1) is 5.92 Å². The summed E-state index contributed by atoms with van der Waals surface area (Å²) in [5, 5.41) is 25.5. The fraction of sp³-hybridized carbons (Fsp3) is 0.800. The molecule has 0 saturated heterocycles. The highest BCUT2D eigenvalue weighted by molar-refractivity contribution is 6.40. The van der Waals surface area contributed by atoms with Crippen LogP contribution in [0.3, 0.4) is 0 Å². The first kappa shape index (κ1) is 20.2. The first-order chi connectivity index (χ1) is 8.70.